The lowest BCUT2D eigenvalue weighted by atomic mass is 10.1. The first-order valence-corrected chi connectivity index (χ1v) is 9.02. The maximum Gasteiger partial charge on any atom is 0.0855 e. The maximum absolute atomic E-state index is 6.04. The number of ether oxygens (including phenoxy) is 4. The van der Waals surface area contributed by atoms with E-state index in [0.29, 0.717) is 31.7 Å². The van der Waals surface area contributed by atoms with Crippen LogP contribution in [0.25, 0.3) is 0 Å². The molecule has 1 aliphatic rings. The first kappa shape index (κ1) is 17.2. The highest BCUT2D eigenvalue weighted by Crippen LogP contribution is 2.46. The summed E-state index contributed by atoms with van der Waals surface area (Å²) in [5.41, 5.74) is 1.34. The number of thioether (sulfide) groups is 1. The molecule has 0 aliphatic carbocycles. The van der Waals surface area contributed by atoms with Crippen molar-refractivity contribution in [2.75, 3.05) is 47.3 Å². The van der Waals surface area contributed by atoms with Gasteiger partial charge in [0.25, 0.3) is 0 Å². The van der Waals surface area contributed by atoms with Crippen LogP contribution < -0.4 is 0 Å². The lowest BCUT2D eigenvalue weighted by Crippen LogP contribution is -2.20. The molecule has 2 atom stereocenters. The molecule has 1 aromatic heterocycles. The van der Waals surface area contributed by atoms with Gasteiger partial charge in [0, 0.05) is 31.6 Å². The van der Waals surface area contributed by atoms with Gasteiger partial charge in [-0.3, -0.25) is 0 Å². The summed E-state index contributed by atoms with van der Waals surface area (Å²) in [6, 6.07) is 2.19. The summed E-state index contributed by atoms with van der Waals surface area (Å²) in [4.78, 5) is 0. The number of rotatable bonds is 10. The zero-order valence-corrected chi connectivity index (χ0v) is 14.3. The van der Waals surface area contributed by atoms with Gasteiger partial charge in [-0.1, -0.05) is 0 Å². The standard InChI is InChI=1S/C15H24O4S2/c1-16-5-3-12-11-14(13-4-10-20-15(13)21-12)19-9-8-18-7-6-17-2/h4,10,12,14H,3,5-9,11H2,1-2H3. The van der Waals surface area contributed by atoms with E-state index in [0.717, 1.165) is 19.4 Å². The molecule has 2 unspecified atom stereocenters. The van der Waals surface area contributed by atoms with Crippen LogP contribution in [0.1, 0.15) is 24.5 Å². The Bertz CT molecular complexity index is 397. The second-order valence-corrected chi connectivity index (χ2v) is 7.37. The molecule has 21 heavy (non-hydrogen) atoms. The van der Waals surface area contributed by atoms with Crippen molar-refractivity contribution in [2.45, 2.75) is 28.4 Å². The van der Waals surface area contributed by atoms with E-state index in [9.17, 15) is 0 Å². The predicted octanol–water partition coefficient (Wildman–Crippen LogP) is 3.37. The number of methoxy groups -OCH3 is 2. The molecule has 120 valence electrons. The number of fused-ring (bicyclic) bond motifs is 1. The molecule has 0 amide bonds. The van der Waals surface area contributed by atoms with Gasteiger partial charge in [0.2, 0.25) is 0 Å². The summed E-state index contributed by atoms with van der Waals surface area (Å²) < 4.78 is 23.0. The van der Waals surface area contributed by atoms with Gasteiger partial charge in [-0.15, -0.1) is 23.1 Å². The fourth-order valence-electron chi connectivity index (χ4n) is 2.28. The zero-order valence-electron chi connectivity index (χ0n) is 12.7. The highest BCUT2D eigenvalue weighted by Gasteiger charge is 2.28. The fraction of sp³-hybridized carbons (Fsp3) is 0.733. The van der Waals surface area contributed by atoms with Gasteiger partial charge in [-0.2, -0.15) is 0 Å². The average molecular weight is 332 g/mol. The molecule has 6 heteroatoms. The summed E-state index contributed by atoms with van der Waals surface area (Å²) in [7, 11) is 3.44. The Morgan fingerprint density at radius 1 is 1.10 bits per heavy atom. The van der Waals surface area contributed by atoms with E-state index in [1.165, 1.54) is 9.77 Å². The van der Waals surface area contributed by atoms with E-state index >= 15 is 0 Å². The van der Waals surface area contributed by atoms with Crippen molar-refractivity contribution in [3.63, 3.8) is 0 Å². The van der Waals surface area contributed by atoms with Gasteiger partial charge < -0.3 is 18.9 Å². The molecule has 0 N–H and O–H groups in total. The van der Waals surface area contributed by atoms with Crippen molar-refractivity contribution >= 4 is 23.1 Å². The van der Waals surface area contributed by atoms with Crippen LogP contribution in [-0.2, 0) is 18.9 Å². The van der Waals surface area contributed by atoms with Crippen LogP contribution in [0.4, 0.5) is 0 Å². The second kappa shape index (κ2) is 9.82. The molecule has 2 rings (SSSR count). The van der Waals surface area contributed by atoms with E-state index in [1.807, 2.05) is 23.1 Å². The Morgan fingerprint density at radius 3 is 2.71 bits per heavy atom. The van der Waals surface area contributed by atoms with Gasteiger partial charge >= 0.3 is 0 Å². The van der Waals surface area contributed by atoms with E-state index in [1.54, 1.807) is 14.2 Å². The van der Waals surface area contributed by atoms with E-state index in [2.05, 4.69) is 11.4 Å². The highest BCUT2D eigenvalue weighted by molar-refractivity contribution is 8.01. The SMILES string of the molecule is COCCOCCOC1CC(CCOC)Sc2sccc21. The third-order valence-corrected chi connectivity index (χ3v) is 5.89. The Hall–Kier alpha value is -0.110. The normalized spacial score (nSPS) is 21.4. The minimum Gasteiger partial charge on any atom is -0.385 e. The van der Waals surface area contributed by atoms with Crippen molar-refractivity contribution in [1.29, 1.82) is 0 Å². The van der Waals surface area contributed by atoms with Crippen LogP contribution in [0.5, 0.6) is 0 Å². The molecule has 2 heterocycles. The van der Waals surface area contributed by atoms with Gasteiger partial charge in [-0.25, -0.2) is 0 Å². The van der Waals surface area contributed by atoms with E-state index < -0.39 is 0 Å². The van der Waals surface area contributed by atoms with Crippen molar-refractivity contribution < 1.29 is 18.9 Å². The molecule has 1 aliphatic heterocycles. The number of hydrogen-bond donors (Lipinski definition) is 0. The third-order valence-electron chi connectivity index (χ3n) is 3.38. The van der Waals surface area contributed by atoms with Crippen molar-refractivity contribution in [3.05, 3.63) is 17.0 Å². The topological polar surface area (TPSA) is 36.9 Å². The Labute approximate surface area is 135 Å². The lowest BCUT2D eigenvalue weighted by molar-refractivity contribution is -0.0120. The van der Waals surface area contributed by atoms with Gasteiger partial charge in [0.15, 0.2) is 0 Å². The Morgan fingerprint density at radius 2 is 1.90 bits per heavy atom. The molecule has 0 bridgehead atoms. The van der Waals surface area contributed by atoms with Gasteiger partial charge in [0.1, 0.15) is 0 Å². The number of hydrogen-bond acceptors (Lipinski definition) is 6. The van der Waals surface area contributed by atoms with Crippen LogP contribution in [0.15, 0.2) is 15.7 Å². The molecule has 0 aromatic carbocycles. The van der Waals surface area contributed by atoms with E-state index in [4.69, 9.17) is 18.9 Å². The quantitative estimate of drug-likeness (QED) is 0.614. The van der Waals surface area contributed by atoms with Crippen molar-refractivity contribution in [2.24, 2.45) is 0 Å². The van der Waals surface area contributed by atoms with Gasteiger partial charge in [0.05, 0.1) is 36.7 Å². The molecule has 0 spiro atoms. The minimum atomic E-state index is 0.195. The molecular weight excluding hydrogens is 308 g/mol. The molecule has 0 radical (unpaired) electrons. The summed E-state index contributed by atoms with van der Waals surface area (Å²) >= 11 is 3.78. The smallest absolute Gasteiger partial charge is 0.0855 e. The van der Waals surface area contributed by atoms with Crippen LogP contribution in [0.3, 0.4) is 0 Å². The Kier molecular flexibility index (Phi) is 8.06. The van der Waals surface area contributed by atoms with Crippen LogP contribution in [-0.4, -0.2) is 52.5 Å². The summed E-state index contributed by atoms with van der Waals surface area (Å²) in [5, 5.41) is 2.73. The van der Waals surface area contributed by atoms with E-state index in [-0.39, 0.29) is 6.10 Å². The second-order valence-electron chi connectivity index (χ2n) is 4.89. The molecule has 1 aromatic rings. The zero-order chi connectivity index (χ0) is 14.9. The molecular formula is C15H24O4S2. The maximum atomic E-state index is 6.04. The third kappa shape index (κ3) is 5.54. The predicted molar refractivity (Wildman–Crippen MR) is 86.5 cm³/mol. The summed E-state index contributed by atoms with van der Waals surface area (Å²) in [6.07, 6.45) is 2.32. The van der Waals surface area contributed by atoms with Crippen LogP contribution >= 0.6 is 23.1 Å². The minimum absolute atomic E-state index is 0.195. The molecule has 4 nitrogen and oxygen atoms in total. The lowest BCUT2D eigenvalue weighted by Gasteiger charge is -2.29. The summed E-state index contributed by atoms with van der Waals surface area (Å²) in [6.45, 7) is 3.32. The Balaban J connectivity index is 1.78. The monoisotopic (exact) mass is 332 g/mol. The first-order valence-electron chi connectivity index (χ1n) is 7.26. The molecule has 0 saturated heterocycles. The van der Waals surface area contributed by atoms with Crippen LogP contribution in [0.2, 0.25) is 0 Å². The average Bonchev–Trinajstić information content (AvgIpc) is 2.97. The molecule has 0 fully saturated rings. The largest absolute Gasteiger partial charge is 0.385 e. The highest BCUT2D eigenvalue weighted by atomic mass is 32.2. The first-order chi connectivity index (χ1) is 10.3. The van der Waals surface area contributed by atoms with Crippen LogP contribution in [0, 0.1) is 0 Å². The van der Waals surface area contributed by atoms with Crippen molar-refractivity contribution in [1.82, 2.24) is 0 Å². The van der Waals surface area contributed by atoms with Crippen molar-refractivity contribution in [3.8, 4) is 0 Å². The van der Waals surface area contributed by atoms with Gasteiger partial charge in [-0.05, 0) is 24.3 Å². The fourth-order valence-corrected chi connectivity index (χ4v) is 4.88. The summed E-state index contributed by atoms with van der Waals surface area (Å²) in [5.74, 6) is 0. The number of thiophene rings is 1. The molecule has 0 saturated carbocycles.